The summed E-state index contributed by atoms with van der Waals surface area (Å²) in [5.74, 6) is -0.516. The van der Waals surface area contributed by atoms with E-state index in [1.54, 1.807) is 24.3 Å². The van der Waals surface area contributed by atoms with E-state index in [4.69, 9.17) is 4.74 Å². The first kappa shape index (κ1) is 19.6. The topological polar surface area (TPSA) is 79.2 Å². The molecule has 0 bridgehead atoms. The summed E-state index contributed by atoms with van der Waals surface area (Å²) in [4.78, 5) is 24.5. The maximum absolute atomic E-state index is 13.0. The third-order valence-corrected chi connectivity index (χ3v) is 4.89. The van der Waals surface area contributed by atoms with E-state index < -0.39 is 11.4 Å². The van der Waals surface area contributed by atoms with E-state index in [0.717, 1.165) is 19.3 Å². The highest BCUT2D eigenvalue weighted by atomic mass is 19.1. The molecule has 0 aromatic heterocycles. The third-order valence-electron chi connectivity index (χ3n) is 4.89. The largest absolute Gasteiger partial charge is 0.484 e. The zero-order chi connectivity index (χ0) is 20.0. The molecular formula is C22H21FN2O3. The first-order valence-corrected chi connectivity index (χ1v) is 9.27. The Kier molecular flexibility index (Phi) is 6.05. The predicted octanol–water partition coefficient (Wildman–Crippen LogP) is 3.78. The van der Waals surface area contributed by atoms with Crippen LogP contribution in [0.1, 0.15) is 48.0 Å². The van der Waals surface area contributed by atoms with E-state index in [-0.39, 0.29) is 18.3 Å². The second-order valence-electron chi connectivity index (χ2n) is 6.95. The maximum Gasteiger partial charge on any atom is 0.259 e. The van der Waals surface area contributed by atoms with Gasteiger partial charge in [-0.15, -0.1) is 0 Å². The van der Waals surface area contributed by atoms with Crippen LogP contribution in [0.4, 0.5) is 4.39 Å². The fourth-order valence-electron chi connectivity index (χ4n) is 3.34. The minimum atomic E-state index is -0.788. The molecule has 28 heavy (non-hydrogen) atoms. The monoisotopic (exact) mass is 380 g/mol. The van der Waals surface area contributed by atoms with Crippen molar-refractivity contribution in [3.63, 3.8) is 0 Å². The van der Waals surface area contributed by atoms with Gasteiger partial charge in [0.05, 0.1) is 6.07 Å². The maximum atomic E-state index is 13.0. The van der Waals surface area contributed by atoms with Gasteiger partial charge in [-0.05, 0) is 61.4 Å². The number of carbonyl (C=O) groups is 2. The van der Waals surface area contributed by atoms with Gasteiger partial charge in [0.2, 0.25) is 0 Å². The average molecular weight is 380 g/mol. The van der Waals surface area contributed by atoms with Crippen LogP contribution in [0.5, 0.6) is 5.75 Å². The van der Waals surface area contributed by atoms with Gasteiger partial charge in [-0.2, -0.15) is 5.26 Å². The van der Waals surface area contributed by atoms with Gasteiger partial charge in [0.25, 0.3) is 5.91 Å². The van der Waals surface area contributed by atoms with Crippen molar-refractivity contribution < 1.29 is 18.7 Å². The van der Waals surface area contributed by atoms with E-state index in [9.17, 15) is 19.2 Å². The van der Waals surface area contributed by atoms with Gasteiger partial charge in [-0.3, -0.25) is 9.59 Å². The molecular weight excluding hydrogens is 359 g/mol. The summed E-state index contributed by atoms with van der Waals surface area (Å²) in [5.41, 5.74) is 0.0437. The number of carbonyl (C=O) groups excluding carboxylic acids is 2. The average Bonchev–Trinajstić information content (AvgIpc) is 2.73. The second-order valence-corrected chi connectivity index (χ2v) is 6.95. The normalized spacial score (nSPS) is 15.3. The number of amides is 1. The van der Waals surface area contributed by atoms with Gasteiger partial charge in [-0.1, -0.05) is 19.3 Å². The number of benzene rings is 2. The molecule has 1 amide bonds. The molecule has 0 atom stereocenters. The lowest BCUT2D eigenvalue weighted by atomic mass is 9.83. The molecule has 1 saturated carbocycles. The number of ketones is 1. The van der Waals surface area contributed by atoms with Gasteiger partial charge < -0.3 is 10.1 Å². The Hall–Kier alpha value is -3.20. The molecule has 1 aliphatic carbocycles. The Bertz CT molecular complexity index is 879. The van der Waals surface area contributed by atoms with Crippen LogP contribution < -0.4 is 10.1 Å². The van der Waals surface area contributed by atoms with Gasteiger partial charge in [0.15, 0.2) is 12.4 Å². The van der Waals surface area contributed by atoms with Gasteiger partial charge in [-0.25, -0.2) is 4.39 Å². The molecule has 1 aliphatic rings. The molecule has 6 heteroatoms. The highest BCUT2D eigenvalue weighted by Gasteiger charge is 2.33. The van der Waals surface area contributed by atoms with Gasteiger partial charge in [0, 0.05) is 11.1 Å². The van der Waals surface area contributed by atoms with Gasteiger partial charge in [0.1, 0.15) is 17.1 Å². The van der Waals surface area contributed by atoms with Crippen molar-refractivity contribution >= 4 is 11.7 Å². The van der Waals surface area contributed by atoms with Crippen LogP contribution >= 0.6 is 0 Å². The zero-order valence-corrected chi connectivity index (χ0v) is 15.4. The van der Waals surface area contributed by atoms with E-state index in [1.807, 2.05) is 0 Å². The summed E-state index contributed by atoms with van der Waals surface area (Å²) in [6, 6.07) is 14.0. The Labute approximate surface area is 163 Å². The molecule has 5 nitrogen and oxygen atoms in total. The molecule has 1 fully saturated rings. The van der Waals surface area contributed by atoms with Crippen LogP contribution in [0.2, 0.25) is 0 Å². The first-order chi connectivity index (χ1) is 13.5. The molecule has 0 saturated heterocycles. The summed E-state index contributed by atoms with van der Waals surface area (Å²) in [5, 5.41) is 12.2. The van der Waals surface area contributed by atoms with Crippen LogP contribution in [0.15, 0.2) is 48.5 Å². The highest BCUT2D eigenvalue weighted by Crippen LogP contribution is 2.27. The number of hydrogen-bond donors (Lipinski definition) is 1. The number of nitrogens with one attached hydrogen (secondary N) is 1. The quantitative estimate of drug-likeness (QED) is 0.774. The van der Waals surface area contributed by atoms with Crippen LogP contribution in [0, 0.1) is 17.1 Å². The van der Waals surface area contributed by atoms with Crippen molar-refractivity contribution in [2.75, 3.05) is 6.61 Å². The van der Waals surface area contributed by atoms with Crippen molar-refractivity contribution in [1.29, 1.82) is 5.26 Å². The lowest BCUT2D eigenvalue weighted by molar-refractivity contribution is -0.124. The third kappa shape index (κ3) is 4.74. The molecule has 2 aromatic carbocycles. The lowest BCUT2D eigenvalue weighted by Crippen LogP contribution is -2.50. The molecule has 144 valence electrons. The molecule has 0 aliphatic heterocycles. The molecule has 0 unspecified atom stereocenters. The number of hydrogen-bond acceptors (Lipinski definition) is 4. The molecule has 2 aromatic rings. The van der Waals surface area contributed by atoms with Crippen molar-refractivity contribution in [3.8, 4) is 11.8 Å². The standard InChI is InChI=1S/C22H21FN2O3/c23-18-8-4-16(5-9-18)21(27)17-6-10-19(11-7-17)28-14-20(26)25-22(15-24)12-2-1-3-13-22/h4-11H,1-3,12-14H2,(H,25,26). The summed E-state index contributed by atoms with van der Waals surface area (Å²) < 4.78 is 18.4. The number of nitriles is 1. The van der Waals surface area contributed by atoms with E-state index in [1.165, 1.54) is 24.3 Å². The smallest absolute Gasteiger partial charge is 0.259 e. The Morgan fingerprint density at radius 3 is 2.14 bits per heavy atom. The summed E-state index contributed by atoms with van der Waals surface area (Å²) >= 11 is 0. The van der Waals surface area contributed by atoms with Crippen LogP contribution in [0.3, 0.4) is 0 Å². The van der Waals surface area contributed by atoms with Crippen LogP contribution in [-0.4, -0.2) is 23.8 Å². The predicted molar refractivity (Wildman–Crippen MR) is 101 cm³/mol. The molecule has 3 rings (SSSR count). The Morgan fingerprint density at radius 2 is 1.57 bits per heavy atom. The van der Waals surface area contributed by atoms with E-state index >= 15 is 0 Å². The number of rotatable bonds is 6. The number of nitrogens with zero attached hydrogens (tertiary/aromatic N) is 1. The summed E-state index contributed by atoms with van der Waals surface area (Å²) in [6.45, 7) is -0.200. The first-order valence-electron chi connectivity index (χ1n) is 9.27. The Balaban J connectivity index is 1.55. The Morgan fingerprint density at radius 1 is 1.00 bits per heavy atom. The highest BCUT2D eigenvalue weighted by molar-refractivity contribution is 6.09. The summed E-state index contributed by atoms with van der Waals surface area (Å²) in [7, 11) is 0. The molecule has 0 spiro atoms. The van der Waals surface area contributed by atoms with Gasteiger partial charge >= 0.3 is 0 Å². The number of ether oxygens (including phenoxy) is 1. The summed E-state index contributed by atoms with van der Waals surface area (Å²) in [6.07, 6.45) is 4.26. The van der Waals surface area contributed by atoms with Crippen molar-refractivity contribution in [2.24, 2.45) is 0 Å². The lowest BCUT2D eigenvalue weighted by Gasteiger charge is -2.31. The van der Waals surface area contributed by atoms with Crippen molar-refractivity contribution in [2.45, 2.75) is 37.6 Å². The van der Waals surface area contributed by atoms with E-state index in [2.05, 4.69) is 11.4 Å². The minimum absolute atomic E-state index is 0.200. The van der Waals surface area contributed by atoms with E-state index in [0.29, 0.717) is 29.7 Å². The molecule has 0 heterocycles. The van der Waals surface area contributed by atoms with Crippen molar-refractivity contribution in [1.82, 2.24) is 5.32 Å². The fourth-order valence-corrected chi connectivity index (χ4v) is 3.34. The number of halogens is 1. The minimum Gasteiger partial charge on any atom is -0.484 e. The van der Waals surface area contributed by atoms with Crippen LogP contribution in [-0.2, 0) is 4.79 Å². The molecule has 1 N–H and O–H groups in total. The zero-order valence-electron chi connectivity index (χ0n) is 15.4. The SMILES string of the molecule is N#CC1(NC(=O)COc2ccc(C(=O)c3ccc(F)cc3)cc2)CCCCC1. The second kappa shape index (κ2) is 8.66. The van der Waals surface area contributed by atoms with Crippen LogP contribution in [0.25, 0.3) is 0 Å². The fraction of sp³-hybridized carbons (Fsp3) is 0.318. The van der Waals surface area contributed by atoms with Crippen molar-refractivity contribution in [3.05, 3.63) is 65.5 Å². The molecule has 0 radical (unpaired) electrons.